The van der Waals surface area contributed by atoms with Gasteiger partial charge in [-0.3, -0.25) is 4.79 Å². The summed E-state index contributed by atoms with van der Waals surface area (Å²) in [7, 11) is 0. The third kappa shape index (κ3) is 3.86. The molecular formula is C25H31NO5. The minimum Gasteiger partial charge on any atom is -0.449 e. The van der Waals surface area contributed by atoms with E-state index in [0.717, 1.165) is 42.4 Å². The number of amides is 1. The van der Waals surface area contributed by atoms with Gasteiger partial charge in [0.25, 0.3) is 5.91 Å². The first-order valence-electron chi connectivity index (χ1n) is 11.6. The van der Waals surface area contributed by atoms with E-state index < -0.39 is 12.1 Å². The van der Waals surface area contributed by atoms with Crippen LogP contribution in [0.4, 0.5) is 0 Å². The number of carbonyl (C=O) groups excluding carboxylic acids is 2. The van der Waals surface area contributed by atoms with Gasteiger partial charge in [0.15, 0.2) is 6.10 Å². The van der Waals surface area contributed by atoms with Crippen LogP contribution in [0, 0.1) is 17.8 Å². The number of fused-ring (bicyclic) bond motifs is 1. The van der Waals surface area contributed by atoms with Crippen LogP contribution in [0.5, 0.6) is 0 Å². The first-order chi connectivity index (χ1) is 15.0. The molecule has 0 radical (unpaired) electrons. The minimum absolute atomic E-state index is 0.105. The smallest absolute Gasteiger partial charge is 0.375 e. The van der Waals surface area contributed by atoms with E-state index in [2.05, 4.69) is 5.32 Å². The maximum atomic E-state index is 13.0. The lowest BCUT2D eigenvalue weighted by atomic mass is 9.53. The zero-order chi connectivity index (χ0) is 21.6. The molecule has 4 bridgehead atoms. The van der Waals surface area contributed by atoms with Crippen molar-refractivity contribution in [1.29, 1.82) is 0 Å². The molecular weight excluding hydrogens is 394 g/mol. The van der Waals surface area contributed by atoms with Crippen molar-refractivity contribution in [2.45, 2.75) is 70.6 Å². The zero-order valence-electron chi connectivity index (χ0n) is 18.3. The van der Waals surface area contributed by atoms with E-state index in [1.165, 1.54) is 19.3 Å². The quantitative estimate of drug-likeness (QED) is 0.656. The van der Waals surface area contributed by atoms with Gasteiger partial charge in [-0.2, -0.15) is 0 Å². The second-order valence-electron chi connectivity index (χ2n) is 9.78. The number of nitrogens with one attached hydrogen (secondary N) is 1. The molecule has 1 heterocycles. The summed E-state index contributed by atoms with van der Waals surface area (Å²) >= 11 is 0. The fraction of sp³-hybridized carbons (Fsp3) is 0.600. The zero-order valence-corrected chi connectivity index (χ0v) is 18.3. The fourth-order valence-corrected chi connectivity index (χ4v) is 6.51. The van der Waals surface area contributed by atoms with Gasteiger partial charge in [-0.15, -0.1) is 0 Å². The molecule has 31 heavy (non-hydrogen) atoms. The highest BCUT2D eigenvalue weighted by molar-refractivity contribution is 5.97. The molecule has 0 spiro atoms. The SMILES string of the molecule is CCOCc1c(C(=O)O[C@@H](C)C(=O)NC23CC4CC(CC(C4)C2)C3)oc2ccccc12. The molecule has 4 aliphatic rings. The Morgan fingerprint density at radius 1 is 1.13 bits per heavy atom. The van der Waals surface area contributed by atoms with Crippen LogP contribution < -0.4 is 5.32 Å². The van der Waals surface area contributed by atoms with Crippen LogP contribution in [0.2, 0.25) is 0 Å². The number of ether oxygens (including phenoxy) is 2. The first-order valence-corrected chi connectivity index (χ1v) is 11.6. The summed E-state index contributed by atoms with van der Waals surface area (Å²) in [5.41, 5.74) is 1.16. The van der Waals surface area contributed by atoms with Gasteiger partial charge in [0.05, 0.1) is 6.61 Å². The summed E-state index contributed by atoms with van der Waals surface area (Å²) in [5, 5.41) is 4.11. The van der Waals surface area contributed by atoms with Crippen LogP contribution in [0.3, 0.4) is 0 Å². The Balaban J connectivity index is 1.29. The van der Waals surface area contributed by atoms with Crippen molar-refractivity contribution in [2.75, 3.05) is 6.61 Å². The molecule has 1 aromatic carbocycles. The summed E-state index contributed by atoms with van der Waals surface area (Å²) in [4.78, 5) is 25.9. The average Bonchev–Trinajstić information content (AvgIpc) is 3.09. The van der Waals surface area contributed by atoms with Gasteiger partial charge < -0.3 is 19.2 Å². The molecule has 1 aromatic heterocycles. The minimum atomic E-state index is -0.881. The Labute approximate surface area is 182 Å². The van der Waals surface area contributed by atoms with Crippen LogP contribution in [0.1, 0.15) is 68.5 Å². The first kappa shape index (κ1) is 20.6. The monoisotopic (exact) mass is 425 g/mol. The molecule has 0 unspecified atom stereocenters. The number of hydrogen-bond acceptors (Lipinski definition) is 5. The van der Waals surface area contributed by atoms with Gasteiger partial charge in [0.1, 0.15) is 5.58 Å². The van der Waals surface area contributed by atoms with Crippen LogP contribution in [-0.2, 0) is 20.9 Å². The van der Waals surface area contributed by atoms with E-state index in [-0.39, 0.29) is 23.8 Å². The van der Waals surface area contributed by atoms with Crippen molar-refractivity contribution in [2.24, 2.45) is 17.8 Å². The summed E-state index contributed by atoms with van der Waals surface area (Å²) in [5.74, 6) is 1.49. The molecule has 6 heteroatoms. The maximum Gasteiger partial charge on any atom is 0.375 e. The van der Waals surface area contributed by atoms with Crippen molar-refractivity contribution in [3.8, 4) is 0 Å². The number of hydrogen-bond donors (Lipinski definition) is 1. The predicted molar refractivity (Wildman–Crippen MR) is 115 cm³/mol. The number of rotatable bonds is 7. The van der Waals surface area contributed by atoms with Gasteiger partial charge in [-0.05, 0) is 76.2 Å². The Bertz CT molecular complexity index is 958. The summed E-state index contributed by atoms with van der Waals surface area (Å²) < 4.78 is 16.9. The Hall–Kier alpha value is -2.34. The Kier molecular flexibility index (Phi) is 5.29. The molecule has 1 N–H and O–H groups in total. The van der Waals surface area contributed by atoms with Crippen LogP contribution >= 0.6 is 0 Å². The van der Waals surface area contributed by atoms with Gasteiger partial charge in [0.2, 0.25) is 5.76 Å². The summed E-state index contributed by atoms with van der Waals surface area (Å²) in [6.45, 7) is 4.32. The molecule has 0 saturated heterocycles. The van der Waals surface area contributed by atoms with Crippen molar-refractivity contribution < 1.29 is 23.5 Å². The second kappa shape index (κ2) is 7.97. The summed E-state index contributed by atoms with van der Waals surface area (Å²) in [6, 6.07) is 7.45. The number of benzene rings is 1. The fourth-order valence-electron chi connectivity index (χ4n) is 6.51. The predicted octanol–water partition coefficient (Wildman–Crippen LogP) is 4.60. The molecule has 4 saturated carbocycles. The van der Waals surface area contributed by atoms with Crippen molar-refractivity contribution in [3.05, 3.63) is 35.6 Å². The lowest BCUT2D eigenvalue weighted by Gasteiger charge is -2.57. The van der Waals surface area contributed by atoms with E-state index in [9.17, 15) is 9.59 Å². The van der Waals surface area contributed by atoms with E-state index in [4.69, 9.17) is 13.9 Å². The van der Waals surface area contributed by atoms with E-state index in [0.29, 0.717) is 17.8 Å². The van der Waals surface area contributed by atoms with Gasteiger partial charge in [0, 0.05) is 23.1 Å². The number of carbonyl (C=O) groups is 2. The van der Waals surface area contributed by atoms with Gasteiger partial charge in [-0.25, -0.2) is 4.79 Å². The van der Waals surface area contributed by atoms with Crippen LogP contribution in [-0.4, -0.2) is 30.1 Å². The average molecular weight is 426 g/mol. The largest absolute Gasteiger partial charge is 0.449 e. The van der Waals surface area contributed by atoms with E-state index in [1.807, 2.05) is 31.2 Å². The number of esters is 1. The van der Waals surface area contributed by atoms with Crippen molar-refractivity contribution in [1.82, 2.24) is 5.32 Å². The molecule has 4 aliphatic carbocycles. The molecule has 0 aliphatic heterocycles. The third-order valence-electron chi connectivity index (χ3n) is 7.41. The van der Waals surface area contributed by atoms with E-state index >= 15 is 0 Å². The highest BCUT2D eigenvalue weighted by Gasteiger charge is 2.51. The molecule has 1 amide bonds. The van der Waals surface area contributed by atoms with Crippen molar-refractivity contribution >= 4 is 22.8 Å². The molecule has 2 aromatic rings. The maximum absolute atomic E-state index is 13.0. The van der Waals surface area contributed by atoms with E-state index in [1.54, 1.807) is 6.92 Å². The van der Waals surface area contributed by atoms with Crippen LogP contribution in [0.15, 0.2) is 28.7 Å². The molecule has 6 rings (SSSR count). The lowest BCUT2D eigenvalue weighted by molar-refractivity contribution is -0.135. The molecule has 6 nitrogen and oxygen atoms in total. The highest BCUT2D eigenvalue weighted by Crippen LogP contribution is 2.55. The topological polar surface area (TPSA) is 77.8 Å². The highest BCUT2D eigenvalue weighted by atomic mass is 16.6. The Morgan fingerprint density at radius 2 is 1.77 bits per heavy atom. The van der Waals surface area contributed by atoms with Crippen molar-refractivity contribution in [3.63, 3.8) is 0 Å². The standard InChI is InChI=1S/C25H31NO5/c1-3-29-14-20-19-6-4-5-7-21(19)31-22(20)24(28)30-15(2)23(27)26-25-11-16-8-17(12-25)10-18(9-16)13-25/h4-7,15-18H,3,8-14H2,1-2H3,(H,26,27)/t15-,16?,17?,18?,25?/m0/s1. The Morgan fingerprint density at radius 3 is 2.42 bits per heavy atom. The normalized spacial score (nSPS) is 29.8. The lowest BCUT2D eigenvalue weighted by Crippen LogP contribution is -2.61. The van der Waals surface area contributed by atoms with Gasteiger partial charge >= 0.3 is 5.97 Å². The third-order valence-corrected chi connectivity index (χ3v) is 7.41. The second-order valence-corrected chi connectivity index (χ2v) is 9.78. The number of furan rings is 1. The summed E-state index contributed by atoms with van der Waals surface area (Å²) in [6.07, 6.45) is 6.25. The number of para-hydroxylation sites is 1. The van der Waals surface area contributed by atoms with Gasteiger partial charge in [-0.1, -0.05) is 18.2 Å². The molecule has 1 atom stereocenters. The van der Waals surface area contributed by atoms with Crippen LogP contribution in [0.25, 0.3) is 11.0 Å². The molecule has 166 valence electrons. The molecule has 4 fully saturated rings.